The van der Waals surface area contributed by atoms with Crippen LogP contribution >= 0.6 is 11.8 Å². The molecule has 0 bridgehead atoms. The smallest absolute Gasteiger partial charge is 0.414 e. The molecule has 7 heteroatoms. The van der Waals surface area contributed by atoms with E-state index >= 15 is 0 Å². The average molecular weight is 352 g/mol. The standard InChI is InChI=1S/C17H21FN2O3S/c1-11(21)19-9-14-10-20(17(22)23-14)13-2-3-15(16(18)8-13)12-4-6-24-7-5-12/h2-3,8,12,14H,4-7,9-10H2,1H3,(H,19,21)/t14-/m0/s1. The summed E-state index contributed by atoms with van der Waals surface area (Å²) in [6.45, 7) is 1.97. The number of rotatable bonds is 4. The summed E-state index contributed by atoms with van der Waals surface area (Å²) < 4.78 is 19.7. The number of hydrogen-bond donors (Lipinski definition) is 1. The Labute approximate surface area is 144 Å². The summed E-state index contributed by atoms with van der Waals surface area (Å²) in [4.78, 5) is 24.4. The zero-order valence-corrected chi connectivity index (χ0v) is 14.4. The third kappa shape index (κ3) is 3.83. The number of cyclic esters (lactones) is 1. The molecular weight excluding hydrogens is 331 g/mol. The molecule has 0 radical (unpaired) electrons. The molecule has 0 aliphatic carbocycles. The Bertz CT molecular complexity index is 634. The second kappa shape index (κ2) is 7.42. The molecule has 2 fully saturated rings. The third-order valence-corrected chi connectivity index (χ3v) is 5.46. The lowest BCUT2D eigenvalue weighted by atomic mass is 9.93. The molecule has 2 saturated heterocycles. The Balaban J connectivity index is 1.69. The number of carbonyl (C=O) groups excluding carboxylic acids is 2. The Hall–Kier alpha value is -1.76. The van der Waals surface area contributed by atoms with E-state index in [1.807, 2.05) is 11.8 Å². The quantitative estimate of drug-likeness (QED) is 0.905. The summed E-state index contributed by atoms with van der Waals surface area (Å²) in [5.74, 6) is 1.95. The van der Waals surface area contributed by atoms with Crippen molar-refractivity contribution in [2.45, 2.75) is 31.8 Å². The van der Waals surface area contributed by atoms with Crippen LogP contribution in [0.25, 0.3) is 0 Å². The first-order valence-electron chi connectivity index (χ1n) is 8.14. The molecule has 1 atom stereocenters. The molecule has 0 aromatic heterocycles. The number of amides is 2. The first-order chi connectivity index (χ1) is 11.5. The van der Waals surface area contributed by atoms with Gasteiger partial charge in [0.05, 0.1) is 18.8 Å². The van der Waals surface area contributed by atoms with E-state index in [4.69, 9.17) is 4.74 Å². The van der Waals surface area contributed by atoms with Gasteiger partial charge in [-0.25, -0.2) is 9.18 Å². The lowest BCUT2D eigenvalue weighted by Gasteiger charge is -2.23. The topological polar surface area (TPSA) is 58.6 Å². The van der Waals surface area contributed by atoms with Crippen molar-refractivity contribution in [2.75, 3.05) is 29.5 Å². The summed E-state index contributed by atoms with van der Waals surface area (Å²) in [5, 5.41) is 2.62. The molecule has 2 heterocycles. The first-order valence-corrected chi connectivity index (χ1v) is 9.30. The molecule has 2 amide bonds. The first kappa shape index (κ1) is 17.1. The van der Waals surface area contributed by atoms with E-state index in [1.54, 1.807) is 12.1 Å². The predicted octanol–water partition coefficient (Wildman–Crippen LogP) is 2.90. The minimum atomic E-state index is -0.508. The SMILES string of the molecule is CC(=O)NC[C@H]1CN(c2ccc(C3CCSCC3)c(F)c2)C(=O)O1. The Morgan fingerprint density at radius 2 is 2.17 bits per heavy atom. The third-order valence-electron chi connectivity index (χ3n) is 4.41. The predicted molar refractivity (Wildman–Crippen MR) is 92.0 cm³/mol. The second-order valence-electron chi connectivity index (χ2n) is 6.15. The van der Waals surface area contributed by atoms with Crippen molar-refractivity contribution in [3.05, 3.63) is 29.6 Å². The van der Waals surface area contributed by atoms with Crippen molar-refractivity contribution in [3.63, 3.8) is 0 Å². The number of anilines is 1. The fraction of sp³-hybridized carbons (Fsp3) is 0.529. The van der Waals surface area contributed by atoms with Crippen LogP contribution in [-0.4, -0.2) is 42.7 Å². The van der Waals surface area contributed by atoms with Crippen LogP contribution in [0.5, 0.6) is 0 Å². The van der Waals surface area contributed by atoms with Crippen LogP contribution in [0, 0.1) is 5.82 Å². The highest BCUT2D eigenvalue weighted by molar-refractivity contribution is 7.99. The highest BCUT2D eigenvalue weighted by Crippen LogP contribution is 2.34. The fourth-order valence-electron chi connectivity index (χ4n) is 3.12. The van der Waals surface area contributed by atoms with Crippen molar-refractivity contribution in [1.29, 1.82) is 0 Å². The van der Waals surface area contributed by atoms with Gasteiger partial charge in [0.1, 0.15) is 11.9 Å². The molecule has 0 spiro atoms. The molecule has 2 aliphatic heterocycles. The number of nitrogens with one attached hydrogen (secondary N) is 1. The molecule has 5 nitrogen and oxygen atoms in total. The van der Waals surface area contributed by atoms with Crippen LogP contribution in [0.2, 0.25) is 0 Å². The summed E-state index contributed by atoms with van der Waals surface area (Å²) in [7, 11) is 0. The number of nitrogens with zero attached hydrogens (tertiary/aromatic N) is 1. The number of benzene rings is 1. The largest absolute Gasteiger partial charge is 0.442 e. The van der Waals surface area contributed by atoms with Gasteiger partial charge in [0.2, 0.25) is 5.91 Å². The summed E-state index contributed by atoms with van der Waals surface area (Å²) in [6.07, 6.45) is 1.06. The van der Waals surface area contributed by atoms with Gasteiger partial charge in [0.25, 0.3) is 0 Å². The van der Waals surface area contributed by atoms with Crippen LogP contribution < -0.4 is 10.2 Å². The monoisotopic (exact) mass is 352 g/mol. The van der Waals surface area contributed by atoms with Crippen molar-refractivity contribution < 1.29 is 18.7 Å². The van der Waals surface area contributed by atoms with E-state index in [-0.39, 0.29) is 24.2 Å². The van der Waals surface area contributed by atoms with Crippen molar-refractivity contribution >= 4 is 29.4 Å². The molecule has 3 rings (SSSR count). The summed E-state index contributed by atoms with van der Waals surface area (Å²) >= 11 is 1.91. The molecule has 1 N–H and O–H groups in total. The molecule has 130 valence electrons. The van der Waals surface area contributed by atoms with E-state index in [1.165, 1.54) is 17.9 Å². The maximum atomic E-state index is 14.5. The van der Waals surface area contributed by atoms with Crippen LogP contribution in [0.15, 0.2) is 18.2 Å². The van der Waals surface area contributed by atoms with Gasteiger partial charge in [0.15, 0.2) is 0 Å². The molecule has 1 aromatic rings. The Morgan fingerprint density at radius 3 is 2.83 bits per heavy atom. The molecule has 0 saturated carbocycles. The number of carbonyl (C=O) groups is 2. The van der Waals surface area contributed by atoms with Crippen LogP contribution in [-0.2, 0) is 9.53 Å². The molecule has 0 unspecified atom stereocenters. The number of ether oxygens (including phenoxy) is 1. The minimum absolute atomic E-state index is 0.175. The van der Waals surface area contributed by atoms with E-state index in [2.05, 4.69) is 5.32 Å². The van der Waals surface area contributed by atoms with Gasteiger partial charge in [0, 0.05) is 6.92 Å². The van der Waals surface area contributed by atoms with E-state index in [0.29, 0.717) is 12.2 Å². The Morgan fingerprint density at radius 1 is 1.42 bits per heavy atom. The maximum Gasteiger partial charge on any atom is 0.414 e. The van der Waals surface area contributed by atoms with E-state index in [0.717, 1.165) is 29.9 Å². The highest BCUT2D eigenvalue weighted by Gasteiger charge is 2.33. The van der Waals surface area contributed by atoms with Crippen molar-refractivity contribution in [2.24, 2.45) is 0 Å². The molecule has 2 aliphatic rings. The van der Waals surface area contributed by atoms with Crippen molar-refractivity contribution in [3.8, 4) is 0 Å². The van der Waals surface area contributed by atoms with Crippen molar-refractivity contribution in [1.82, 2.24) is 5.32 Å². The molecule has 24 heavy (non-hydrogen) atoms. The fourth-order valence-corrected chi connectivity index (χ4v) is 4.23. The number of halogens is 1. The summed E-state index contributed by atoms with van der Waals surface area (Å²) in [5.41, 5.74) is 1.23. The summed E-state index contributed by atoms with van der Waals surface area (Å²) in [6, 6.07) is 4.99. The minimum Gasteiger partial charge on any atom is -0.442 e. The van der Waals surface area contributed by atoms with Gasteiger partial charge in [-0.3, -0.25) is 9.69 Å². The molecule has 1 aromatic carbocycles. The normalized spacial score (nSPS) is 21.7. The zero-order valence-electron chi connectivity index (χ0n) is 13.6. The zero-order chi connectivity index (χ0) is 17.1. The average Bonchev–Trinajstić information content (AvgIpc) is 2.94. The highest BCUT2D eigenvalue weighted by atomic mass is 32.2. The van der Waals surface area contributed by atoms with Crippen LogP contribution in [0.4, 0.5) is 14.9 Å². The van der Waals surface area contributed by atoms with Gasteiger partial charge in [-0.05, 0) is 48.0 Å². The Kier molecular flexibility index (Phi) is 5.28. The van der Waals surface area contributed by atoms with Gasteiger partial charge < -0.3 is 10.1 Å². The van der Waals surface area contributed by atoms with Crippen LogP contribution in [0.3, 0.4) is 0 Å². The van der Waals surface area contributed by atoms with E-state index in [9.17, 15) is 14.0 Å². The number of hydrogen-bond acceptors (Lipinski definition) is 4. The van der Waals surface area contributed by atoms with Gasteiger partial charge >= 0.3 is 6.09 Å². The van der Waals surface area contributed by atoms with Gasteiger partial charge in [-0.2, -0.15) is 11.8 Å². The van der Waals surface area contributed by atoms with Crippen LogP contribution in [0.1, 0.15) is 31.2 Å². The molecular formula is C17H21FN2O3S. The maximum absolute atomic E-state index is 14.5. The number of thioether (sulfide) groups is 1. The van der Waals surface area contributed by atoms with E-state index < -0.39 is 12.2 Å². The van der Waals surface area contributed by atoms with Gasteiger partial charge in [-0.1, -0.05) is 6.07 Å². The van der Waals surface area contributed by atoms with Gasteiger partial charge in [-0.15, -0.1) is 0 Å². The lowest BCUT2D eigenvalue weighted by molar-refractivity contribution is -0.119. The lowest BCUT2D eigenvalue weighted by Crippen LogP contribution is -2.33. The second-order valence-corrected chi connectivity index (χ2v) is 7.37.